The molecular weight excluding hydrogens is 685 g/mol. The Balaban J connectivity index is 0.769. The number of amides is 1. The number of likely N-dealkylation sites (tertiary alicyclic amines) is 1. The second kappa shape index (κ2) is 16.9. The number of benzene rings is 2. The van der Waals surface area contributed by atoms with Gasteiger partial charge in [0.2, 0.25) is 11.8 Å². The molecule has 4 fully saturated rings. The van der Waals surface area contributed by atoms with E-state index < -0.39 is 0 Å². The third kappa shape index (κ3) is 8.54. The molecule has 5 aliphatic rings. The summed E-state index contributed by atoms with van der Waals surface area (Å²) in [6.45, 7) is 17.7. The minimum atomic E-state index is -0.0506. The van der Waals surface area contributed by atoms with Gasteiger partial charge in [0.25, 0.3) is 0 Å². The van der Waals surface area contributed by atoms with Crippen molar-refractivity contribution < 1.29 is 9.53 Å². The molecule has 6 heterocycles. The van der Waals surface area contributed by atoms with Crippen molar-refractivity contribution in [3.8, 4) is 5.88 Å². The second-order valence-corrected chi connectivity index (χ2v) is 16.1. The molecule has 0 spiro atoms. The highest BCUT2D eigenvalue weighted by Gasteiger charge is 2.28. The number of carbonyl (C=O) groups excluding carboxylic acids is 1. The number of anilines is 4. The molecule has 10 heteroatoms. The average molecular weight is 743 g/mol. The third-order valence-electron chi connectivity index (χ3n) is 12.6. The van der Waals surface area contributed by atoms with Crippen LogP contribution in [0.4, 0.5) is 22.7 Å². The molecule has 290 valence electrons. The molecule has 1 unspecified atom stereocenters. The summed E-state index contributed by atoms with van der Waals surface area (Å²) in [6, 6.07) is 17.8. The third-order valence-corrected chi connectivity index (χ3v) is 12.6. The lowest BCUT2D eigenvalue weighted by Gasteiger charge is -2.38. The first-order chi connectivity index (χ1) is 26.9. The van der Waals surface area contributed by atoms with Gasteiger partial charge < -0.3 is 35.4 Å². The lowest BCUT2D eigenvalue weighted by atomic mass is 9.85. The molecule has 3 aromatic rings. The molecule has 1 amide bonds. The number of carbonyl (C=O) groups is 1. The van der Waals surface area contributed by atoms with Gasteiger partial charge in [-0.3, -0.25) is 9.79 Å². The average Bonchev–Trinajstić information content (AvgIpc) is 3.22. The summed E-state index contributed by atoms with van der Waals surface area (Å²) in [6.07, 6.45) is 11.8. The SMILES string of the molecule is C=C1CCC(c2ccc(C3CCN(CC4CCN(c5ccc(NC/N=C6/CN(c7cnc8c(c7C)NCCO8)CC/C6=C/C)cc5)CC4)CC3)cc2)C(=O)N1. The summed E-state index contributed by atoms with van der Waals surface area (Å²) in [5, 5.41) is 9.95. The number of nitrogens with one attached hydrogen (secondary N) is 3. The van der Waals surface area contributed by atoms with Gasteiger partial charge in [0.15, 0.2) is 0 Å². The lowest BCUT2D eigenvalue weighted by molar-refractivity contribution is -0.122. The Morgan fingerprint density at radius 1 is 0.945 bits per heavy atom. The van der Waals surface area contributed by atoms with E-state index in [1.165, 1.54) is 67.7 Å². The Kier molecular flexibility index (Phi) is 11.4. The second-order valence-electron chi connectivity index (χ2n) is 16.1. The first-order valence-electron chi connectivity index (χ1n) is 20.6. The molecule has 55 heavy (non-hydrogen) atoms. The van der Waals surface area contributed by atoms with Crippen LogP contribution >= 0.6 is 0 Å². The van der Waals surface area contributed by atoms with Gasteiger partial charge >= 0.3 is 0 Å². The molecule has 0 aliphatic carbocycles. The minimum absolute atomic E-state index is 0.0506. The molecule has 2 aromatic carbocycles. The summed E-state index contributed by atoms with van der Waals surface area (Å²) >= 11 is 0. The van der Waals surface area contributed by atoms with E-state index >= 15 is 0 Å². The predicted molar refractivity (Wildman–Crippen MR) is 225 cm³/mol. The van der Waals surface area contributed by atoms with Crippen LogP contribution in [0.3, 0.4) is 0 Å². The molecule has 5 aliphatic heterocycles. The van der Waals surface area contributed by atoms with Crippen LogP contribution in [-0.4, -0.2) is 87.1 Å². The zero-order valence-electron chi connectivity index (χ0n) is 32.8. The van der Waals surface area contributed by atoms with E-state index in [9.17, 15) is 4.79 Å². The zero-order valence-corrected chi connectivity index (χ0v) is 32.8. The molecule has 1 atom stereocenters. The van der Waals surface area contributed by atoms with Crippen molar-refractivity contribution in [3.63, 3.8) is 0 Å². The highest BCUT2D eigenvalue weighted by atomic mass is 16.5. The summed E-state index contributed by atoms with van der Waals surface area (Å²) in [4.78, 5) is 29.8. The molecule has 4 saturated heterocycles. The summed E-state index contributed by atoms with van der Waals surface area (Å²) in [7, 11) is 0. The molecule has 0 bridgehead atoms. The van der Waals surface area contributed by atoms with Gasteiger partial charge in [-0.25, -0.2) is 4.98 Å². The number of rotatable bonds is 9. The van der Waals surface area contributed by atoms with E-state index in [2.05, 4.69) is 111 Å². The summed E-state index contributed by atoms with van der Waals surface area (Å²) in [5.41, 5.74) is 11.6. The molecule has 10 nitrogen and oxygen atoms in total. The normalized spacial score (nSPS) is 23.0. The Morgan fingerprint density at radius 2 is 1.71 bits per heavy atom. The largest absolute Gasteiger partial charge is 0.474 e. The van der Waals surface area contributed by atoms with E-state index in [-0.39, 0.29) is 11.8 Å². The minimum Gasteiger partial charge on any atom is -0.474 e. The number of aliphatic imine (C=N–C) groups is 1. The molecule has 0 radical (unpaired) electrons. The number of ether oxygens (including phenoxy) is 1. The summed E-state index contributed by atoms with van der Waals surface area (Å²) in [5.74, 6) is 2.12. The van der Waals surface area contributed by atoms with Crippen molar-refractivity contribution in [1.29, 1.82) is 0 Å². The van der Waals surface area contributed by atoms with Crippen LogP contribution in [0.25, 0.3) is 0 Å². The molecule has 1 aromatic heterocycles. The highest BCUT2D eigenvalue weighted by molar-refractivity contribution is 6.04. The first kappa shape index (κ1) is 37.1. The van der Waals surface area contributed by atoms with Crippen molar-refractivity contribution in [2.75, 3.05) is 86.1 Å². The van der Waals surface area contributed by atoms with Crippen LogP contribution < -0.4 is 30.5 Å². The van der Waals surface area contributed by atoms with Gasteiger partial charge in [0, 0.05) is 55.4 Å². The van der Waals surface area contributed by atoms with Crippen LogP contribution in [0.15, 0.2) is 83.6 Å². The number of hydrogen-bond acceptors (Lipinski definition) is 9. The number of nitrogens with zero attached hydrogens (tertiary/aromatic N) is 5. The van der Waals surface area contributed by atoms with Gasteiger partial charge in [-0.15, -0.1) is 0 Å². The maximum absolute atomic E-state index is 12.5. The Morgan fingerprint density at radius 3 is 2.45 bits per heavy atom. The van der Waals surface area contributed by atoms with E-state index in [1.54, 1.807) is 0 Å². The van der Waals surface area contributed by atoms with Crippen molar-refractivity contribution in [2.24, 2.45) is 10.9 Å². The van der Waals surface area contributed by atoms with Crippen molar-refractivity contribution in [1.82, 2.24) is 15.2 Å². The van der Waals surface area contributed by atoms with E-state index in [1.807, 2.05) is 6.20 Å². The van der Waals surface area contributed by atoms with Gasteiger partial charge in [-0.05, 0) is 125 Å². The Bertz CT molecular complexity index is 1890. The first-order valence-corrected chi connectivity index (χ1v) is 20.6. The van der Waals surface area contributed by atoms with Crippen LogP contribution in [0, 0.1) is 12.8 Å². The van der Waals surface area contributed by atoms with Crippen LogP contribution in [0.5, 0.6) is 5.88 Å². The van der Waals surface area contributed by atoms with E-state index in [4.69, 9.17) is 9.73 Å². The van der Waals surface area contributed by atoms with Crippen LogP contribution in [0.2, 0.25) is 0 Å². The monoisotopic (exact) mass is 742 g/mol. The Hall–Kier alpha value is -4.83. The maximum Gasteiger partial charge on any atom is 0.237 e. The topological polar surface area (TPSA) is 97.4 Å². The number of allylic oxidation sites excluding steroid dienone is 2. The Labute approximate surface area is 327 Å². The van der Waals surface area contributed by atoms with Crippen LogP contribution in [0.1, 0.15) is 80.4 Å². The fourth-order valence-corrected chi connectivity index (χ4v) is 9.26. The predicted octanol–water partition coefficient (Wildman–Crippen LogP) is 7.46. The molecule has 8 rings (SSSR count). The number of hydrogen-bond donors (Lipinski definition) is 3. The highest BCUT2D eigenvalue weighted by Crippen LogP contribution is 2.36. The van der Waals surface area contributed by atoms with Crippen molar-refractivity contribution in [2.45, 2.75) is 70.6 Å². The summed E-state index contributed by atoms with van der Waals surface area (Å²) < 4.78 is 5.75. The molecular formula is C45H58N8O2. The fraction of sp³-hybridized carbons (Fsp3) is 0.489. The van der Waals surface area contributed by atoms with Gasteiger partial charge in [0.05, 0.1) is 30.1 Å². The van der Waals surface area contributed by atoms with E-state index in [0.717, 1.165) is 91.9 Å². The van der Waals surface area contributed by atoms with Gasteiger partial charge in [-0.1, -0.05) is 36.9 Å². The van der Waals surface area contributed by atoms with Crippen molar-refractivity contribution >= 4 is 34.4 Å². The van der Waals surface area contributed by atoms with Crippen LogP contribution in [-0.2, 0) is 4.79 Å². The number of piperidine rings is 4. The van der Waals surface area contributed by atoms with Crippen molar-refractivity contribution in [3.05, 3.63) is 95.3 Å². The van der Waals surface area contributed by atoms with Gasteiger partial charge in [0.1, 0.15) is 19.0 Å². The number of pyridine rings is 1. The number of fused-ring (bicyclic) bond motifs is 1. The fourth-order valence-electron chi connectivity index (χ4n) is 9.26. The lowest BCUT2D eigenvalue weighted by Crippen LogP contribution is -2.41. The maximum atomic E-state index is 12.5. The van der Waals surface area contributed by atoms with Gasteiger partial charge in [-0.2, -0.15) is 0 Å². The smallest absolute Gasteiger partial charge is 0.237 e. The van der Waals surface area contributed by atoms with E-state index in [0.29, 0.717) is 25.1 Å². The zero-order chi connectivity index (χ0) is 37.7. The quantitative estimate of drug-likeness (QED) is 0.208. The number of aromatic nitrogens is 1. The standard InChI is InChI=1S/C45H58N8O2/c1-4-34-19-25-53(42-27-47-45-43(32(42)3)46-20-26-55-45)29-41(34)49-30-48-38-10-12-39(13-11-38)52-23-15-33(16-24-52)28-51-21-17-36(18-22-51)35-6-8-37(9-7-35)40-14-5-31(2)50-44(40)54/h4,6-13,27,33,36,40,46,48H,2,5,14-26,28-30H2,1,3H3,(H,50,54)/b34-4-,49-41-. The molecule has 0 saturated carbocycles. The molecule has 3 N–H and O–H groups in total.